The number of nitrogens with two attached hydrogens (primary N) is 1. The van der Waals surface area contributed by atoms with Crippen LogP contribution in [0.3, 0.4) is 0 Å². The Bertz CT molecular complexity index is 532. The molecule has 6 heteroatoms. The number of nitrogen functional groups attached to an aromatic ring is 1. The summed E-state index contributed by atoms with van der Waals surface area (Å²) in [5, 5.41) is 2.38. The van der Waals surface area contributed by atoms with Crippen LogP contribution in [0.25, 0.3) is 5.52 Å². The quantitative estimate of drug-likeness (QED) is 0.463. The summed E-state index contributed by atoms with van der Waals surface area (Å²) in [6, 6.07) is 1.48. The molecule has 2 rings (SSSR count). The van der Waals surface area contributed by atoms with Crippen molar-refractivity contribution >= 4 is 11.2 Å². The molecular weight excluding hydrogens is 160 g/mol. The standard InChI is InChI=1S/C6H6N4O2/c7-3-1-4-5(11)8-6(12)9-10(4)2-3/h1-2H,7H2,(H2,8,9,11,12). The van der Waals surface area contributed by atoms with Crippen LogP contribution in [-0.4, -0.2) is 14.6 Å². The minimum atomic E-state index is -0.553. The molecule has 2 heterocycles. The number of fused-ring (bicyclic) bond motifs is 1. The Kier molecular flexibility index (Phi) is 1.12. The fourth-order valence-electron chi connectivity index (χ4n) is 1.06. The van der Waals surface area contributed by atoms with E-state index in [1.807, 2.05) is 0 Å². The molecule has 0 aromatic carbocycles. The molecule has 0 saturated heterocycles. The normalized spacial score (nSPS) is 10.7. The summed E-state index contributed by atoms with van der Waals surface area (Å²) < 4.78 is 1.29. The van der Waals surface area contributed by atoms with E-state index in [4.69, 9.17) is 5.73 Å². The van der Waals surface area contributed by atoms with E-state index in [2.05, 4.69) is 10.1 Å². The highest BCUT2D eigenvalue weighted by atomic mass is 16.2. The number of aromatic nitrogens is 3. The average Bonchev–Trinajstić information content (AvgIpc) is 2.29. The van der Waals surface area contributed by atoms with Crippen molar-refractivity contribution in [1.29, 1.82) is 0 Å². The molecule has 6 nitrogen and oxygen atoms in total. The minimum Gasteiger partial charge on any atom is -0.397 e. The van der Waals surface area contributed by atoms with Gasteiger partial charge in [0.25, 0.3) is 5.56 Å². The highest BCUT2D eigenvalue weighted by Gasteiger charge is 2.00. The first-order chi connectivity index (χ1) is 5.66. The van der Waals surface area contributed by atoms with E-state index in [0.29, 0.717) is 11.2 Å². The summed E-state index contributed by atoms with van der Waals surface area (Å²) in [6.45, 7) is 0. The van der Waals surface area contributed by atoms with Crippen molar-refractivity contribution in [2.45, 2.75) is 0 Å². The van der Waals surface area contributed by atoms with Crippen LogP contribution in [-0.2, 0) is 0 Å². The van der Waals surface area contributed by atoms with E-state index in [1.165, 1.54) is 16.8 Å². The molecule has 0 fully saturated rings. The second kappa shape index (κ2) is 2.00. The van der Waals surface area contributed by atoms with Gasteiger partial charge < -0.3 is 5.73 Å². The number of aromatic amines is 2. The highest BCUT2D eigenvalue weighted by Crippen LogP contribution is 2.03. The average molecular weight is 166 g/mol. The Balaban J connectivity index is 3.08. The number of H-pyrrole nitrogens is 2. The van der Waals surface area contributed by atoms with E-state index < -0.39 is 11.2 Å². The van der Waals surface area contributed by atoms with Crippen molar-refractivity contribution in [3.8, 4) is 0 Å². The SMILES string of the molecule is Nc1cc2c(=O)[nH]c(=O)[nH]n2c1. The molecule has 0 aliphatic rings. The van der Waals surface area contributed by atoms with Crippen molar-refractivity contribution < 1.29 is 0 Å². The molecule has 2 aromatic rings. The zero-order chi connectivity index (χ0) is 8.72. The molecule has 2 aromatic heterocycles. The predicted octanol–water partition coefficient (Wildman–Crippen LogP) is -1.10. The van der Waals surface area contributed by atoms with Crippen molar-refractivity contribution in [2.75, 3.05) is 5.73 Å². The van der Waals surface area contributed by atoms with E-state index in [0.717, 1.165) is 0 Å². The Hall–Kier alpha value is -1.98. The molecule has 0 saturated carbocycles. The zero-order valence-electron chi connectivity index (χ0n) is 6.00. The largest absolute Gasteiger partial charge is 0.397 e. The van der Waals surface area contributed by atoms with E-state index >= 15 is 0 Å². The number of hydrogen-bond donors (Lipinski definition) is 3. The molecule has 0 aliphatic carbocycles. The third-order valence-corrected chi connectivity index (χ3v) is 1.52. The van der Waals surface area contributed by atoms with Crippen molar-refractivity contribution in [2.24, 2.45) is 0 Å². The van der Waals surface area contributed by atoms with Crippen LogP contribution in [0.5, 0.6) is 0 Å². The van der Waals surface area contributed by atoms with Gasteiger partial charge in [0.2, 0.25) is 0 Å². The lowest BCUT2D eigenvalue weighted by Crippen LogP contribution is -2.24. The Labute approximate surface area is 65.6 Å². The topological polar surface area (TPSA) is 96.2 Å². The van der Waals surface area contributed by atoms with Crippen LogP contribution in [0.4, 0.5) is 5.69 Å². The summed E-state index contributed by atoms with van der Waals surface area (Å²) in [7, 11) is 0. The molecular formula is C6H6N4O2. The summed E-state index contributed by atoms with van der Waals surface area (Å²) >= 11 is 0. The van der Waals surface area contributed by atoms with Crippen LogP contribution in [0.15, 0.2) is 21.9 Å². The van der Waals surface area contributed by atoms with Gasteiger partial charge in [-0.15, -0.1) is 0 Å². The van der Waals surface area contributed by atoms with Crippen LogP contribution >= 0.6 is 0 Å². The maximum absolute atomic E-state index is 11.1. The Morgan fingerprint density at radius 1 is 1.42 bits per heavy atom. The van der Waals surface area contributed by atoms with Crippen LogP contribution in [0.1, 0.15) is 0 Å². The highest BCUT2D eigenvalue weighted by molar-refractivity contribution is 5.55. The molecule has 0 unspecified atom stereocenters. The third-order valence-electron chi connectivity index (χ3n) is 1.52. The van der Waals surface area contributed by atoms with Crippen molar-refractivity contribution in [3.63, 3.8) is 0 Å². The second-order valence-electron chi connectivity index (χ2n) is 2.42. The minimum absolute atomic E-state index is 0.326. The maximum atomic E-state index is 11.1. The van der Waals surface area contributed by atoms with Gasteiger partial charge in [-0.05, 0) is 6.07 Å². The van der Waals surface area contributed by atoms with Crippen molar-refractivity contribution in [1.82, 2.24) is 14.6 Å². The van der Waals surface area contributed by atoms with E-state index in [9.17, 15) is 9.59 Å². The predicted molar refractivity (Wildman–Crippen MR) is 43.1 cm³/mol. The number of anilines is 1. The molecule has 12 heavy (non-hydrogen) atoms. The zero-order valence-corrected chi connectivity index (χ0v) is 6.00. The van der Waals surface area contributed by atoms with E-state index in [-0.39, 0.29) is 0 Å². The summed E-state index contributed by atoms with van der Waals surface area (Å²) in [5.41, 5.74) is 5.17. The lowest BCUT2D eigenvalue weighted by atomic mass is 10.5. The number of rotatable bonds is 0. The number of hydrogen-bond acceptors (Lipinski definition) is 3. The smallest absolute Gasteiger partial charge is 0.340 e. The van der Waals surface area contributed by atoms with Gasteiger partial charge >= 0.3 is 5.69 Å². The van der Waals surface area contributed by atoms with Gasteiger partial charge in [-0.2, -0.15) is 0 Å². The summed E-state index contributed by atoms with van der Waals surface area (Å²) in [6.07, 6.45) is 1.46. The van der Waals surface area contributed by atoms with Crippen molar-refractivity contribution in [3.05, 3.63) is 33.1 Å². The fourth-order valence-corrected chi connectivity index (χ4v) is 1.06. The number of nitrogens with zero attached hydrogens (tertiary/aromatic N) is 1. The van der Waals surface area contributed by atoms with Gasteiger partial charge in [0.1, 0.15) is 5.52 Å². The Morgan fingerprint density at radius 2 is 2.17 bits per heavy atom. The van der Waals surface area contributed by atoms with Crippen LogP contribution in [0, 0.1) is 0 Å². The van der Waals surface area contributed by atoms with Gasteiger partial charge in [0.05, 0.1) is 11.9 Å². The van der Waals surface area contributed by atoms with Crippen LogP contribution in [0.2, 0.25) is 0 Å². The molecule has 4 N–H and O–H groups in total. The van der Waals surface area contributed by atoms with Gasteiger partial charge in [-0.1, -0.05) is 0 Å². The number of nitrogens with one attached hydrogen (secondary N) is 2. The third kappa shape index (κ3) is 0.815. The Morgan fingerprint density at radius 3 is 2.92 bits per heavy atom. The van der Waals surface area contributed by atoms with Gasteiger partial charge in [0, 0.05) is 0 Å². The first-order valence-electron chi connectivity index (χ1n) is 3.27. The van der Waals surface area contributed by atoms with Gasteiger partial charge in [-0.25, -0.2) is 9.89 Å². The molecule has 0 atom stereocenters. The second-order valence-corrected chi connectivity index (χ2v) is 2.42. The van der Waals surface area contributed by atoms with Gasteiger partial charge in [0.15, 0.2) is 0 Å². The van der Waals surface area contributed by atoms with Gasteiger partial charge in [-0.3, -0.25) is 14.3 Å². The summed E-state index contributed by atoms with van der Waals surface area (Å²) in [5.74, 6) is 0. The molecule has 62 valence electrons. The monoisotopic (exact) mass is 166 g/mol. The molecule has 0 amide bonds. The van der Waals surface area contributed by atoms with E-state index in [1.54, 1.807) is 0 Å². The first-order valence-corrected chi connectivity index (χ1v) is 3.27. The molecule has 0 bridgehead atoms. The maximum Gasteiger partial charge on any atom is 0.340 e. The molecule has 0 spiro atoms. The molecule has 0 radical (unpaired) electrons. The first kappa shape index (κ1) is 6.71. The molecule has 0 aliphatic heterocycles. The summed E-state index contributed by atoms with van der Waals surface area (Å²) in [4.78, 5) is 23.9. The fraction of sp³-hybridized carbons (Fsp3) is 0. The lowest BCUT2D eigenvalue weighted by molar-refractivity contribution is 0.846. The van der Waals surface area contributed by atoms with Crippen LogP contribution < -0.4 is 17.0 Å². The lowest BCUT2D eigenvalue weighted by Gasteiger charge is -1.89.